The molecule has 0 fully saturated rings. The van der Waals surface area contributed by atoms with Crippen LogP contribution in [0.15, 0.2) is 40.9 Å². The number of carbonyl (C=O) groups excluding carboxylic acids is 1. The Labute approximate surface area is 127 Å². The minimum Gasteiger partial charge on any atom is -0.399 e. The average molecular weight is 358 g/mol. The predicted molar refractivity (Wildman–Crippen MR) is 78.2 cm³/mol. The second-order valence-electron chi connectivity index (χ2n) is 4.59. The van der Waals surface area contributed by atoms with Crippen molar-refractivity contribution >= 4 is 27.4 Å². The lowest BCUT2D eigenvalue weighted by atomic mass is 9.99. The van der Waals surface area contributed by atoms with Gasteiger partial charge in [0.15, 0.2) is 5.78 Å². The first kappa shape index (κ1) is 15.6. The molecule has 2 N–H and O–H groups in total. The first-order valence-electron chi connectivity index (χ1n) is 5.97. The van der Waals surface area contributed by atoms with Gasteiger partial charge in [0.05, 0.1) is 5.56 Å². The fourth-order valence-electron chi connectivity index (χ4n) is 1.87. The summed E-state index contributed by atoms with van der Waals surface area (Å²) in [5.41, 5.74) is 6.30. The smallest absolute Gasteiger partial charge is 0.399 e. The third-order valence-corrected chi connectivity index (χ3v) is 3.76. The molecule has 0 atom stereocenters. The van der Waals surface area contributed by atoms with Crippen LogP contribution in [-0.4, -0.2) is 5.78 Å². The molecule has 0 radical (unpaired) electrons. The van der Waals surface area contributed by atoms with Crippen molar-refractivity contribution in [2.45, 2.75) is 13.1 Å². The van der Waals surface area contributed by atoms with E-state index < -0.39 is 17.5 Å². The van der Waals surface area contributed by atoms with Crippen LogP contribution in [0.1, 0.15) is 27.0 Å². The van der Waals surface area contributed by atoms with Gasteiger partial charge in [-0.15, -0.1) is 0 Å². The minimum atomic E-state index is -4.52. The number of anilines is 1. The van der Waals surface area contributed by atoms with Crippen LogP contribution < -0.4 is 5.73 Å². The molecule has 0 amide bonds. The van der Waals surface area contributed by atoms with E-state index in [0.29, 0.717) is 16.8 Å². The largest absolute Gasteiger partial charge is 0.417 e. The van der Waals surface area contributed by atoms with E-state index in [2.05, 4.69) is 15.9 Å². The van der Waals surface area contributed by atoms with Crippen molar-refractivity contribution in [3.8, 4) is 0 Å². The van der Waals surface area contributed by atoms with Gasteiger partial charge in [0, 0.05) is 21.3 Å². The molecular weight excluding hydrogens is 347 g/mol. The lowest BCUT2D eigenvalue weighted by Crippen LogP contribution is -2.09. The summed E-state index contributed by atoms with van der Waals surface area (Å²) in [7, 11) is 0. The SMILES string of the molecule is Cc1cc(C(=O)c2ccc(Br)c(C(F)(F)F)c2)ccc1N. The Hall–Kier alpha value is -1.82. The first-order chi connectivity index (χ1) is 9.70. The van der Waals surface area contributed by atoms with Crippen molar-refractivity contribution in [2.75, 3.05) is 5.73 Å². The van der Waals surface area contributed by atoms with Crippen LogP contribution in [-0.2, 0) is 6.18 Å². The molecule has 2 aromatic rings. The molecule has 0 aliphatic carbocycles. The van der Waals surface area contributed by atoms with Gasteiger partial charge in [-0.1, -0.05) is 15.9 Å². The molecule has 0 bridgehead atoms. The highest BCUT2D eigenvalue weighted by atomic mass is 79.9. The summed E-state index contributed by atoms with van der Waals surface area (Å²) in [6.45, 7) is 1.73. The number of nitrogen functional groups attached to an aromatic ring is 1. The van der Waals surface area contributed by atoms with E-state index in [4.69, 9.17) is 5.73 Å². The van der Waals surface area contributed by atoms with E-state index in [-0.39, 0.29) is 10.0 Å². The van der Waals surface area contributed by atoms with Crippen LogP contribution in [0, 0.1) is 6.92 Å². The molecule has 0 saturated carbocycles. The van der Waals surface area contributed by atoms with Gasteiger partial charge < -0.3 is 5.73 Å². The summed E-state index contributed by atoms with van der Waals surface area (Å²) in [5, 5.41) is 0. The zero-order valence-corrected chi connectivity index (χ0v) is 12.5. The van der Waals surface area contributed by atoms with E-state index in [9.17, 15) is 18.0 Å². The quantitative estimate of drug-likeness (QED) is 0.630. The molecule has 0 spiro atoms. The Kier molecular flexibility index (Phi) is 4.09. The minimum absolute atomic E-state index is 0.0188. The van der Waals surface area contributed by atoms with E-state index in [1.54, 1.807) is 19.1 Å². The Balaban J connectivity index is 2.46. The number of alkyl halides is 3. The van der Waals surface area contributed by atoms with Gasteiger partial charge in [-0.3, -0.25) is 4.79 Å². The van der Waals surface area contributed by atoms with Crippen LogP contribution in [0.3, 0.4) is 0 Å². The van der Waals surface area contributed by atoms with E-state index >= 15 is 0 Å². The van der Waals surface area contributed by atoms with Gasteiger partial charge in [0.1, 0.15) is 0 Å². The molecule has 0 aromatic heterocycles. The summed E-state index contributed by atoms with van der Waals surface area (Å²) >= 11 is 2.84. The van der Waals surface area contributed by atoms with Crippen molar-refractivity contribution in [2.24, 2.45) is 0 Å². The standard InChI is InChI=1S/C15H11BrF3NO/c1-8-6-9(3-5-13(8)20)14(21)10-2-4-12(16)11(7-10)15(17,18)19/h2-7H,20H2,1H3. The maximum Gasteiger partial charge on any atom is 0.417 e. The molecule has 0 saturated heterocycles. The molecule has 21 heavy (non-hydrogen) atoms. The number of benzene rings is 2. The molecular formula is C15H11BrF3NO. The Morgan fingerprint density at radius 2 is 1.67 bits per heavy atom. The van der Waals surface area contributed by atoms with E-state index in [1.807, 2.05) is 0 Å². The van der Waals surface area contributed by atoms with Crippen molar-refractivity contribution in [3.63, 3.8) is 0 Å². The van der Waals surface area contributed by atoms with Gasteiger partial charge >= 0.3 is 6.18 Å². The van der Waals surface area contributed by atoms with Crippen LogP contribution in [0.2, 0.25) is 0 Å². The predicted octanol–water partition coefficient (Wildman–Crippen LogP) is 4.59. The highest BCUT2D eigenvalue weighted by Crippen LogP contribution is 2.35. The normalized spacial score (nSPS) is 11.5. The highest BCUT2D eigenvalue weighted by molar-refractivity contribution is 9.10. The van der Waals surface area contributed by atoms with E-state index in [0.717, 1.165) is 6.07 Å². The zero-order valence-electron chi connectivity index (χ0n) is 11.0. The second kappa shape index (κ2) is 5.52. The molecule has 0 aliphatic rings. The van der Waals surface area contributed by atoms with Crippen LogP contribution in [0.4, 0.5) is 18.9 Å². The lowest BCUT2D eigenvalue weighted by Gasteiger charge is -2.11. The van der Waals surface area contributed by atoms with Crippen molar-refractivity contribution in [1.29, 1.82) is 0 Å². The van der Waals surface area contributed by atoms with Gasteiger partial charge in [-0.25, -0.2) is 0 Å². The summed E-state index contributed by atoms with van der Waals surface area (Å²) in [6.07, 6.45) is -4.52. The van der Waals surface area contributed by atoms with Crippen molar-refractivity contribution < 1.29 is 18.0 Å². The molecule has 2 nitrogen and oxygen atoms in total. The number of hydrogen-bond donors (Lipinski definition) is 1. The fourth-order valence-corrected chi connectivity index (χ4v) is 2.34. The van der Waals surface area contributed by atoms with Crippen LogP contribution in [0.5, 0.6) is 0 Å². The summed E-state index contributed by atoms with van der Waals surface area (Å²) < 4.78 is 38.5. The van der Waals surface area contributed by atoms with Gasteiger partial charge in [0.2, 0.25) is 0 Å². The molecule has 110 valence electrons. The van der Waals surface area contributed by atoms with Crippen molar-refractivity contribution in [3.05, 3.63) is 63.1 Å². The molecule has 2 rings (SSSR count). The van der Waals surface area contributed by atoms with Crippen LogP contribution >= 0.6 is 15.9 Å². The molecule has 0 aliphatic heterocycles. The summed E-state index contributed by atoms with van der Waals surface area (Å²) in [6, 6.07) is 8.05. The highest BCUT2D eigenvalue weighted by Gasteiger charge is 2.33. The van der Waals surface area contributed by atoms with E-state index in [1.165, 1.54) is 18.2 Å². The Morgan fingerprint density at radius 1 is 1.10 bits per heavy atom. The number of ketones is 1. The topological polar surface area (TPSA) is 43.1 Å². The number of aryl methyl sites for hydroxylation is 1. The molecule has 2 aromatic carbocycles. The number of nitrogens with two attached hydrogens (primary N) is 1. The zero-order chi connectivity index (χ0) is 15.8. The maximum absolute atomic E-state index is 12.9. The summed E-state index contributed by atoms with van der Waals surface area (Å²) in [5.74, 6) is -0.476. The van der Waals surface area contributed by atoms with Gasteiger partial charge in [-0.05, 0) is 48.9 Å². The lowest BCUT2D eigenvalue weighted by molar-refractivity contribution is -0.138. The maximum atomic E-state index is 12.9. The van der Waals surface area contributed by atoms with Crippen LogP contribution in [0.25, 0.3) is 0 Å². The monoisotopic (exact) mass is 357 g/mol. The third kappa shape index (κ3) is 3.26. The fraction of sp³-hybridized carbons (Fsp3) is 0.133. The molecule has 6 heteroatoms. The molecule has 0 heterocycles. The second-order valence-corrected chi connectivity index (χ2v) is 5.45. The Bertz CT molecular complexity index is 711. The molecule has 0 unspecified atom stereocenters. The van der Waals surface area contributed by atoms with Gasteiger partial charge in [0.25, 0.3) is 0 Å². The first-order valence-corrected chi connectivity index (χ1v) is 6.77. The van der Waals surface area contributed by atoms with Crippen molar-refractivity contribution in [1.82, 2.24) is 0 Å². The summed E-state index contributed by atoms with van der Waals surface area (Å²) in [4.78, 5) is 12.3. The third-order valence-electron chi connectivity index (χ3n) is 3.07. The number of halogens is 4. The number of carbonyl (C=O) groups is 1. The number of hydrogen-bond acceptors (Lipinski definition) is 2. The van der Waals surface area contributed by atoms with Gasteiger partial charge in [-0.2, -0.15) is 13.2 Å². The Morgan fingerprint density at radius 3 is 2.24 bits per heavy atom. The number of rotatable bonds is 2. The average Bonchev–Trinajstić information content (AvgIpc) is 2.40.